The second-order valence-electron chi connectivity index (χ2n) is 4.69. The van der Waals surface area contributed by atoms with E-state index in [0.717, 1.165) is 18.2 Å². The summed E-state index contributed by atoms with van der Waals surface area (Å²) in [7, 11) is 0. The van der Waals surface area contributed by atoms with Gasteiger partial charge in [0.05, 0.1) is 0 Å². The molecule has 1 atom stereocenters. The molecule has 0 aliphatic rings. The van der Waals surface area contributed by atoms with E-state index in [0.29, 0.717) is 5.56 Å². The Bertz CT molecular complexity index is 795. The zero-order valence-corrected chi connectivity index (χ0v) is 11.6. The second-order valence-corrected chi connectivity index (χ2v) is 4.69. The molecule has 0 saturated heterocycles. The van der Waals surface area contributed by atoms with Crippen molar-refractivity contribution in [2.45, 2.75) is 12.5 Å². The number of azide groups is 1. The van der Waals surface area contributed by atoms with Gasteiger partial charge in [0.15, 0.2) is 0 Å². The molecule has 22 heavy (non-hydrogen) atoms. The molecule has 110 valence electrons. The average Bonchev–Trinajstić information content (AvgIpc) is 2.45. The lowest BCUT2D eigenvalue weighted by Gasteiger charge is -2.18. The summed E-state index contributed by atoms with van der Waals surface area (Å²) in [5, 5.41) is 13.9. The third-order valence-corrected chi connectivity index (χ3v) is 2.89. The van der Waals surface area contributed by atoms with Gasteiger partial charge >= 0.3 is 0 Å². The van der Waals surface area contributed by atoms with E-state index in [1.165, 1.54) is 13.0 Å². The molecule has 0 aromatic heterocycles. The molecular formula is C16H11F2N3O. The lowest BCUT2D eigenvalue weighted by Crippen LogP contribution is -2.18. The number of rotatable bonds is 2. The highest BCUT2D eigenvalue weighted by Gasteiger charge is 2.22. The maximum Gasteiger partial charge on any atom is 0.148 e. The van der Waals surface area contributed by atoms with Gasteiger partial charge < -0.3 is 5.11 Å². The Labute approximate surface area is 125 Å². The zero-order chi connectivity index (χ0) is 16.2. The molecule has 2 rings (SSSR count). The Morgan fingerprint density at radius 1 is 1.18 bits per heavy atom. The third kappa shape index (κ3) is 3.61. The summed E-state index contributed by atoms with van der Waals surface area (Å²) in [5.74, 6) is 3.55. The van der Waals surface area contributed by atoms with Crippen LogP contribution in [-0.2, 0) is 5.60 Å². The van der Waals surface area contributed by atoms with Gasteiger partial charge in [-0.2, -0.15) is 0 Å². The van der Waals surface area contributed by atoms with Gasteiger partial charge in [0.25, 0.3) is 0 Å². The highest BCUT2D eigenvalue weighted by atomic mass is 19.1. The van der Waals surface area contributed by atoms with E-state index in [-0.39, 0.29) is 11.3 Å². The molecule has 0 aliphatic carbocycles. The topological polar surface area (TPSA) is 69.0 Å². The SMILES string of the molecule is CC(O)(C#Cc1cc(F)cc(F)c1)c1ccccc1N=[N+]=[N-]. The molecule has 4 nitrogen and oxygen atoms in total. The van der Waals surface area contributed by atoms with Gasteiger partial charge in [-0.3, -0.25) is 0 Å². The van der Waals surface area contributed by atoms with Crippen molar-refractivity contribution in [1.82, 2.24) is 0 Å². The fraction of sp³-hybridized carbons (Fsp3) is 0.125. The third-order valence-electron chi connectivity index (χ3n) is 2.89. The summed E-state index contributed by atoms with van der Waals surface area (Å²) in [6.45, 7) is 1.40. The highest BCUT2D eigenvalue weighted by molar-refractivity contribution is 5.52. The number of aliphatic hydroxyl groups is 1. The molecule has 0 bridgehead atoms. The van der Waals surface area contributed by atoms with Crippen LogP contribution in [0.2, 0.25) is 0 Å². The van der Waals surface area contributed by atoms with E-state index >= 15 is 0 Å². The van der Waals surface area contributed by atoms with Gasteiger partial charge in [0.2, 0.25) is 0 Å². The van der Waals surface area contributed by atoms with Crippen LogP contribution in [0, 0.1) is 23.5 Å². The van der Waals surface area contributed by atoms with Gasteiger partial charge in [0, 0.05) is 27.8 Å². The van der Waals surface area contributed by atoms with Crippen molar-refractivity contribution < 1.29 is 13.9 Å². The summed E-state index contributed by atoms with van der Waals surface area (Å²) in [6, 6.07) is 9.26. The molecule has 6 heteroatoms. The van der Waals surface area contributed by atoms with E-state index in [4.69, 9.17) is 5.53 Å². The molecule has 2 aromatic rings. The van der Waals surface area contributed by atoms with Crippen LogP contribution < -0.4 is 0 Å². The van der Waals surface area contributed by atoms with Crippen LogP contribution in [0.1, 0.15) is 18.1 Å². The number of nitrogens with zero attached hydrogens (tertiary/aromatic N) is 3. The molecule has 0 radical (unpaired) electrons. The number of hydrogen-bond donors (Lipinski definition) is 1. The first-order chi connectivity index (χ1) is 10.4. The summed E-state index contributed by atoms with van der Waals surface area (Å²) >= 11 is 0. The monoisotopic (exact) mass is 299 g/mol. The van der Waals surface area contributed by atoms with Crippen molar-refractivity contribution in [2.24, 2.45) is 5.11 Å². The molecule has 0 heterocycles. The Morgan fingerprint density at radius 2 is 1.82 bits per heavy atom. The zero-order valence-electron chi connectivity index (χ0n) is 11.6. The fourth-order valence-corrected chi connectivity index (χ4v) is 1.91. The minimum absolute atomic E-state index is 0.0963. The van der Waals surface area contributed by atoms with Crippen LogP contribution in [0.5, 0.6) is 0 Å². The summed E-state index contributed by atoms with van der Waals surface area (Å²) in [4.78, 5) is 2.69. The molecule has 0 spiro atoms. The van der Waals surface area contributed by atoms with Gasteiger partial charge in [-0.25, -0.2) is 8.78 Å². The molecule has 0 fully saturated rings. The van der Waals surface area contributed by atoms with Crippen molar-refractivity contribution >= 4 is 5.69 Å². The Hall–Kier alpha value is -2.87. The predicted molar refractivity (Wildman–Crippen MR) is 78.1 cm³/mol. The van der Waals surface area contributed by atoms with Crippen LogP contribution >= 0.6 is 0 Å². The molecular weight excluding hydrogens is 288 g/mol. The van der Waals surface area contributed by atoms with Crippen LogP contribution in [0.3, 0.4) is 0 Å². The van der Waals surface area contributed by atoms with Gasteiger partial charge in [-0.05, 0) is 24.6 Å². The van der Waals surface area contributed by atoms with E-state index in [2.05, 4.69) is 21.9 Å². The Morgan fingerprint density at radius 3 is 2.45 bits per heavy atom. The molecule has 1 unspecified atom stereocenters. The number of halogens is 2. The maximum absolute atomic E-state index is 13.1. The minimum atomic E-state index is -1.65. The quantitative estimate of drug-likeness (QED) is 0.384. The van der Waals surface area contributed by atoms with Crippen LogP contribution in [0.4, 0.5) is 14.5 Å². The lowest BCUT2D eigenvalue weighted by molar-refractivity contribution is 0.123. The maximum atomic E-state index is 13.1. The van der Waals surface area contributed by atoms with Crippen molar-refractivity contribution in [3.63, 3.8) is 0 Å². The molecule has 0 amide bonds. The Balaban J connectivity index is 2.44. The van der Waals surface area contributed by atoms with E-state index in [1.54, 1.807) is 18.2 Å². The van der Waals surface area contributed by atoms with E-state index in [1.807, 2.05) is 0 Å². The van der Waals surface area contributed by atoms with Gasteiger partial charge in [0.1, 0.15) is 17.2 Å². The largest absolute Gasteiger partial charge is 0.374 e. The first-order valence-electron chi connectivity index (χ1n) is 6.28. The minimum Gasteiger partial charge on any atom is -0.374 e. The normalized spacial score (nSPS) is 12.5. The van der Waals surface area contributed by atoms with Crippen LogP contribution in [0.25, 0.3) is 10.4 Å². The fourth-order valence-electron chi connectivity index (χ4n) is 1.91. The highest BCUT2D eigenvalue weighted by Crippen LogP contribution is 2.29. The van der Waals surface area contributed by atoms with Crippen LogP contribution in [0.15, 0.2) is 47.6 Å². The molecule has 0 saturated carbocycles. The standard InChI is InChI=1S/C16H11F2N3O/c1-16(22,14-4-2-3-5-15(14)20-21-19)7-6-11-8-12(17)10-13(18)9-11/h2-5,8-10,22H,1H3. The molecule has 1 N–H and O–H groups in total. The summed E-state index contributed by atoms with van der Waals surface area (Å²) in [6.07, 6.45) is 0. The van der Waals surface area contributed by atoms with E-state index in [9.17, 15) is 13.9 Å². The second kappa shape index (κ2) is 6.27. The Kier molecular flexibility index (Phi) is 4.42. The van der Waals surface area contributed by atoms with Crippen LogP contribution in [-0.4, -0.2) is 5.11 Å². The number of benzene rings is 2. The van der Waals surface area contributed by atoms with E-state index < -0.39 is 17.2 Å². The summed E-state index contributed by atoms with van der Waals surface area (Å²) in [5.41, 5.74) is 7.52. The van der Waals surface area contributed by atoms with Crippen molar-refractivity contribution in [2.75, 3.05) is 0 Å². The summed E-state index contributed by atoms with van der Waals surface area (Å²) < 4.78 is 26.2. The van der Waals surface area contributed by atoms with Crippen molar-refractivity contribution in [3.05, 3.63) is 75.7 Å². The number of hydrogen-bond acceptors (Lipinski definition) is 2. The average molecular weight is 299 g/mol. The van der Waals surface area contributed by atoms with Gasteiger partial charge in [-0.1, -0.05) is 41.2 Å². The lowest BCUT2D eigenvalue weighted by atomic mass is 9.94. The van der Waals surface area contributed by atoms with Gasteiger partial charge in [-0.15, -0.1) is 0 Å². The van der Waals surface area contributed by atoms with Crippen molar-refractivity contribution in [1.29, 1.82) is 0 Å². The first-order valence-corrected chi connectivity index (χ1v) is 6.28. The smallest absolute Gasteiger partial charge is 0.148 e. The molecule has 0 aliphatic heterocycles. The molecule has 2 aromatic carbocycles. The first kappa shape index (κ1) is 15.5. The van der Waals surface area contributed by atoms with Crippen molar-refractivity contribution in [3.8, 4) is 11.8 Å². The predicted octanol–water partition coefficient (Wildman–Crippen LogP) is 4.17.